The molecule has 2 N–H and O–H groups in total. The van der Waals surface area contributed by atoms with Crippen molar-refractivity contribution in [3.05, 3.63) is 47.8 Å². The first kappa shape index (κ1) is 14.7. The van der Waals surface area contributed by atoms with Gasteiger partial charge in [0.25, 0.3) is 0 Å². The molecular weight excluding hydrogens is 255 g/mol. The monoisotopic (exact) mass is 276 g/mol. The van der Waals surface area contributed by atoms with E-state index < -0.39 is 0 Å². The summed E-state index contributed by atoms with van der Waals surface area (Å²) in [6.07, 6.45) is 2.30. The third-order valence-corrected chi connectivity index (χ3v) is 3.29. The Balaban J connectivity index is 2.14. The van der Waals surface area contributed by atoms with Gasteiger partial charge in [-0.3, -0.25) is 0 Å². The summed E-state index contributed by atoms with van der Waals surface area (Å²) in [5.74, 6) is 1.34. The molecule has 0 bridgehead atoms. The van der Waals surface area contributed by atoms with Crippen molar-refractivity contribution in [3.8, 4) is 0 Å². The maximum absolute atomic E-state index is 13.0. The van der Waals surface area contributed by atoms with Crippen LogP contribution in [0.3, 0.4) is 0 Å². The van der Waals surface area contributed by atoms with Crippen molar-refractivity contribution < 1.29 is 4.39 Å². The fourth-order valence-electron chi connectivity index (χ4n) is 2.24. The Labute approximate surface area is 118 Å². The lowest BCUT2D eigenvalue weighted by Crippen LogP contribution is -2.19. The maximum atomic E-state index is 13.0. The van der Waals surface area contributed by atoms with Crippen LogP contribution in [-0.4, -0.2) is 21.3 Å². The molecule has 1 aromatic carbocycles. The van der Waals surface area contributed by atoms with Crippen molar-refractivity contribution in [2.45, 2.75) is 32.7 Å². The van der Waals surface area contributed by atoms with Crippen molar-refractivity contribution >= 4 is 0 Å². The molecule has 1 atom stereocenters. The second-order valence-electron chi connectivity index (χ2n) is 5.44. The van der Waals surface area contributed by atoms with Gasteiger partial charge in [-0.2, -0.15) is 5.10 Å². The third-order valence-electron chi connectivity index (χ3n) is 3.29. The number of nitrogens with zero attached hydrogens (tertiary/aromatic N) is 3. The topological polar surface area (TPSA) is 56.7 Å². The Kier molecular flexibility index (Phi) is 4.84. The normalized spacial score (nSPS) is 12.8. The van der Waals surface area contributed by atoms with Crippen molar-refractivity contribution in [2.75, 3.05) is 6.54 Å². The maximum Gasteiger partial charge on any atom is 0.138 e. The fraction of sp³-hybridized carbons (Fsp3) is 0.467. The summed E-state index contributed by atoms with van der Waals surface area (Å²) < 4.78 is 14.9. The molecule has 0 fully saturated rings. The standard InChI is InChI=1S/C15H21FN4/c1-11(2)9-20-15(18-10-19-20)7-13(8-17)12-3-5-14(16)6-4-12/h3-6,10-11,13H,7-9,17H2,1-2H3. The molecule has 1 heterocycles. The minimum absolute atomic E-state index is 0.130. The summed E-state index contributed by atoms with van der Waals surface area (Å²) in [5, 5.41) is 4.26. The van der Waals surface area contributed by atoms with Crippen molar-refractivity contribution in [2.24, 2.45) is 11.7 Å². The highest BCUT2D eigenvalue weighted by molar-refractivity contribution is 5.22. The molecule has 0 aliphatic rings. The van der Waals surface area contributed by atoms with E-state index >= 15 is 0 Å². The quantitative estimate of drug-likeness (QED) is 0.881. The molecule has 0 aliphatic carbocycles. The summed E-state index contributed by atoms with van der Waals surface area (Å²) in [6.45, 7) is 5.63. The van der Waals surface area contributed by atoms with E-state index in [4.69, 9.17) is 5.73 Å². The van der Waals surface area contributed by atoms with Crippen LogP contribution < -0.4 is 5.73 Å². The molecule has 4 nitrogen and oxygen atoms in total. The molecule has 2 rings (SSSR count). The number of hydrogen-bond donors (Lipinski definition) is 1. The van der Waals surface area contributed by atoms with Gasteiger partial charge in [0.05, 0.1) is 0 Å². The molecule has 5 heteroatoms. The number of aromatic nitrogens is 3. The molecule has 0 radical (unpaired) electrons. The Morgan fingerprint density at radius 2 is 1.95 bits per heavy atom. The van der Waals surface area contributed by atoms with Crippen LogP contribution in [0.25, 0.3) is 0 Å². The lowest BCUT2D eigenvalue weighted by Gasteiger charge is -2.16. The highest BCUT2D eigenvalue weighted by atomic mass is 19.1. The van der Waals surface area contributed by atoms with Gasteiger partial charge in [0.15, 0.2) is 0 Å². The molecule has 1 unspecified atom stereocenters. The molecule has 2 aromatic rings. The number of hydrogen-bond acceptors (Lipinski definition) is 3. The number of benzene rings is 1. The molecule has 0 aliphatic heterocycles. The first-order valence-electron chi connectivity index (χ1n) is 6.92. The van der Waals surface area contributed by atoms with Gasteiger partial charge in [-0.1, -0.05) is 26.0 Å². The van der Waals surface area contributed by atoms with Crippen LogP contribution >= 0.6 is 0 Å². The van der Waals surface area contributed by atoms with E-state index in [2.05, 4.69) is 23.9 Å². The van der Waals surface area contributed by atoms with E-state index in [1.807, 2.05) is 4.68 Å². The first-order valence-corrected chi connectivity index (χ1v) is 6.92. The van der Waals surface area contributed by atoms with Gasteiger partial charge in [0.2, 0.25) is 0 Å². The largest absolute Gasteiger partial charge is 0.330 e. The molecule has 1 aromatic heterocycles. The summed E-state index contributed by atoms with van der Waals surface area (Å²) in [7, 11) is 0. The van der Waals surface area contributed by atoms with Crippen LogP contribution in [0.4, 0.5) is 4.39 Å². The zero-order chi connectivity index (χ0) is 14.5. The molecule has 20 heavy (non-hydrogen) atoms. The van der Waals surface area contributed by atoms with Crippen LogP contribution in [0, 0.1) is 11.7 Å². The Bertz CT molecular complexity index is 533. The molecule has 108 valence electrons. The minimum atomic E-state index is -0.229. The average Bonchev–Trinajstić information content (AvgIpc) is 2.83. The van der Waals surface area contributed by atoms with E-state index in [0.717, 1.165) is 24.4 Å². The molecule has 0 saturated heterocycles. The minimum Gasteiger partial charge on any atom is -0.330 e. The van der Waals surface area contributed by atoms with Crippen LogP contribution in [0.2, 0.25) is 0 Å². The molecular formula is C15H21FN4. The Morgan fingerprint density at radius 3 is 2.55 bits per heavy atom. The Hall–Kier alpha value is -1.75. The average molecular weight is 276 g/mol. The van der Waals surface area contributed by atoms with Crippen molar-refractivity contribution in [1.82, 2.24) is 14.8 Å². The first-order chi connectivity index (χ1) is 9.60. The van der Waals surface area contributed by atoms with E-state index in [9.17, 15) is 4.39 Å². The number of halogens is 1. The van der Waals surface area contributed by atoms with E-state index in [-0.39, 0.29) is 11.7 Å². The van der Waals surface area contributed by atoms with E-state index in [1.54, 1.807) is 18.5 Å². The van der Waals surface area contributed by atoms with Gasteiger partial charge in [-0.25, -0.2) is 14.1 Å². The summed E-state index contributed by atoms with van der Waals surface area (Å²) in [6, 6.07) is 6.51. The van der Waals surface area contributed by atoms with Crippen molar-refractivity contribution in [1.29, 1.82) is 0 Å². The predicted octanol–water partition coefficient (Wildman–Crippen LogP) is 2.36. The van der Waals surface area contributed by atoms with Gasteiger partial charge >= 0.3 is 0 Å². The number of rotatable bonds is 6. The number of nitrogens with two attached hydrogens (primary N) is 1. The second-order valence-corrected chi connectivity index (χ2v) is 5.44. The lowest BCUT2D eigenvalue weighted by molar-refractivity contribution is 0.459. The molecule has 0 amide bonds. The third kappa shape index (κ3) is 3.63. The zero-order valence-electron chi connectivity index (χ0n) is 12.0. The SMILES string of the molecule is CC(C)Cn1ncnc1CC(CN)c1ccc(F)cc1. The summed E-state index contributed by atoms with van der Waals surface area (Å²) in [5.41, 5.74) is 6.89. The molecule has 0 saturated carbocycles. The van der Waals surface area contributed by atoms with Crippen molar-refractivity contribution in [3.63, 3.8) is 0 Å². The predicted molar refractivity (Wildman–Crippen MR) is 76.8 cm³/mol. The smallest absolute Gasteiger partial charge is 0.138 e. The van der Waals surface area contributed by atoms with Gasteiger partial charge in [-0.05, 0) is 30.2 Å². The van der Waals surface area contributed by atoms with Crippen LogP contribution in [0.15, 0.2) is 30.6 Å². The van der Waals surface area contributed by atoms with E-state index in [1.165, 1.54) is 12.1 Å². The van der Waals surface area contributed by atoms with Gasteiger partial charge < -0.3 is 5.73 Å². The van der Waals surface area contributed by atoms with Crippen LogP contribution in [0.1, 0.15) is 31.2 Å². The van der Waals surface area contributed by atoms with E-state index in [0.29, 0.717) is 12.5 Å². The van der Waals surface area contributed by atoms with Gasteiger partial charge in [0.1, 0.15) is 18.0 Å². The zero-order valence-corrected chi connectivity index (χ0v) is 12.0. The molecule has 0 spiro atoms. The van der Waals surface area contributed by atoms with Crippen LogP contribution in [-0.2, 0) is 13.0 Å². The highest BCUT2D eigenvalue weighted by Gasteiger charge is 2.15. The van der Waals surface area contributed by atoms with Crippen LogP contribution in [0.5, 0.6) is 0 Å². The van der Waals surface area contributed by atoms with Gasteiger partial charge in [-0.15, -0.1) is 0 Å². The summed E-state index contributed by atoms with van der Waals surface area (Å²) >= 11 is 0. The summed E-state index contributed by atoms with van der Waals surface area (Å²) in [4.78, 5) is 4.32. The lowest BCUT2D eigenvalue weighted by atomic mass is 9.95. The highest BCUT2D eigenvalue weighted by Crippen LogP contribution is 2.19. The Morgan fingerprint density at radius 1 is 1.25 bits per heavy atom. The fourth-order valence-corrected chi connectivity index (χ4v) is 2.24. The van der Waals surface area contributed by atoms with Gasteiger partial charge in [0, 0.05) is 18.9 Å². The second kappa shape index (κ2) is 6.61.